The summed E-state index contributed by atoms with van der Waals surface area (Å²) >= 11 is 0. The van der Waals surface area contributed by atoms with E-state index in [9.17, 15) is 19.4 Å². The first-order valence-electron chi connectivity index (χ1n) is 19.3. The van der Waals surface area contributed by atoms with Gasteiger partial charge in [0.25, 0.3) is 7.82 Å². The van der Waals surface area contributed by atoms with Crippen LogP contribution in [-0.2, 0) is 18.4 Å². The molecule has 0 saturated carbocycles. The number of hydrogen-bond donors (Lipinski definition) is 2. The van der Waals surface area contributed by atoms with Gasteiger partial charge in [0.1, 0.15) is 13.2 Å². The van der Waals surface area contributed by atoms with Gasteiger partial charge in [-0.05, 0) is 77.0 Å². The number of quaternary nitrogens is 1. The van der Waals surface area contributed by atoms with Gasteiger partial charge >= 0.3 is 0 Å². The Morgan fingerprint density at radius 2 is 1.24 bits per heavy atom. The Kier molecular flexibility index (Phi) is 31.5. The van der Waals surface area contributed by atoms with E-state index in [1.165, 1.54) is 32.1 Å². The number of hydrogen-bond acceptors (Lipinski definition) is 6. The average molecular weight is 721 g/mol. The van der Waals surface area contributed by atoms with E-state index in [-0.39, 0.29) is 12.5 Å². The maximum absolute atomic E-state index is 12.8. The Hall–Kier alpha value is -2.06. The predicted molar refractivity (Wildman–Crippen MR) is 210 cm³/mol. The van der Waals surface area contributed by atoms with Crippen LogP contribution in [0.5, 0.6) is 0 Å². The molecule has 2 N–H and O–H groups in total. The number of phosphoric acid groups is 1. The number of likely N-dealkylation sites (N-methyl/N-ethyl adjacent to an activating group) is 1. The Morgan fingerprint density at radius 1 is 0.720 bits per heavy atom. The van der Waals surface area contributed by atoms with Gasteiger partial charge in [-0.2, -0.15) is 0 Å². The maximum atomic E-state index is 12.8. The molecule has 0 aliphatic heterocycles. The van der Waals surface area contributed by atoms with Crippen molar-refractivity contribution in [2.45, 2.75) is 142 Å². The minimum atomic E-state index is -4.60. The van der Waals surface area contributed by atoms with Crippen LogP contribution in [0.2, 0.25) is 0 Å². The highest BCUT2D eigenvalue weighted by Crippen LogP contribution is 2.38. The number of unbranched alkanes of at least 4 members (excludes halogenated alkanes) is 10. The Labute approximate surface area is 306 Å². The normalized spacial score (nSPS) is 15.4. The number of aliphatic hydroxyl groups excluding tert-OH is 1. The van der Waals surface area contributed by atoms with Crippen LogP contribution in [0.1, 0.15) is 129 Å². The van der Waals surface area contributed by atoms with Gasteiger partial charge in [-0.3, -0.25) is 9.36 Å². The van der Waals surface area contributed by atoms with Gasteiger partial charge in [0.2, 0.25) is 5.91 Å². The first kappa shape index (κ1) is 47.9. The molecular weight excluding hydrogens is 647 g/mol. The fourth-order valence-corrected chi connectivity index (χ4v) is 5.51. The molecule has 3 unspecified atom stereocenters. The molecule has 0 bridgehead atoms. The summed E-state index contributed by atoms with van der Waals surface area (Å²) in [6, 6.07) is -0.926. The number of carbonyl (C=O) groups excluding carboxylic acids is 1. The Balaban J connectivity index is 4.69. The second-order valence-corrected chi connectivity index (χ2v) is 15.3. The van der Waals surface area contributed by atoms with Crippen molar-refractivity contribution in [1.82, 2.24) is 5.32 Å². The number of amides is 1. The molecule has 50 heavy (non-hydrogen) atoms. The fourth-order valence-electron chi connectivity index (χ4n) is 4.78. The lowest BCUT2D eigenvalue weighted by Crippen LogP contribution is -2.45. The first-order chi connectivity index (χ1) is 24.0. The van der Waals surface area contributed by atoms with Crippen LogP contribution in [0.25, 0.3) is 0 Å². The molecule has 0 aromatic rings. The highest BCUT2D eigenvalue weighted by Gasteiger charge is 2.23. The van der Waals surface area contributed by atoms with E-state index in [0.29, 0.717) is 23.9 Å². The molecule has 288 valence electrons. The monoisotopic (exact) mass is 721 g/mol. The summed E-state index contributed by atoms with van der Waals surface area (Å²) in [5, 5.41) is 13.7. The summed E-state index contributed by atoms with van der Waals surface area (Å²) in [5.41, 5.74) is 0. The zero-order valence-corrected chi connectivity index (χ0v) is 33.2. The molecule has 0 aromatic carbocycles. The number of rotatable bonds is 33. The van der Waals surface area contributed by atoms with Crippen molar-refractivity contribution in [3.63, 3.8) is 0 Å². The summed E-state index contributed by atoms with van der Waals surface area (Å²) in [5.74, 6) is -0.246. The zero-order valence-electron chi connectivity index (χ0n) is 32.3. The van der Waals surface area contributed by atoms with E-state index < -0.39 is 26.6 Å². The summed E-state index contributed by atoms with van der Waals surface area (Å²) in [4.78, 5) is 25.1. The largest absolute Gasteiger partial charge is 0.756 e. The van der Waals surface area contributed by atoms with Gasteiger partial charge in [-0.1, -0.05) is 119 Å². The second-order valence-electron chi connectivity index (χ2n) is 13.9. The molecule has 0 saturated heterocycles. The Morgan fingerprint density at radius 3 is 1.84 bits per heavy atom. The quantitative estimate of drug-likeness (QED) is 0.0303. The van der Waals surface area contributed by atoms with E-state index >= 15 is 0 Å². The SMILES string of the molecule is CC/C=C\C/C=C\C/C=C\CCCCCC(=O)NC(COP(=O)([O-])OCC[N+](C)(C)C)C(O)/C=C/CC/C=C/CC/C=C/CCCCCCC. The molecule has 0 fully saturated rings. The molecule has 1 amide bonds. The van der Waals surface area contributed by atoms with Crippen LogP contribution in [0, 0.1) is 0 Å². The zero-order chi connectivity index (χ0) is 37.2. The lowest BCUT2D eigenvalue weighted by molar-refractivity contribution is -0.870. The van der Waals surface area contributed by atoms with Crippen molar-refractivity contribution in [2.75, 3.05) is 40.9 Å². The second kappa shape index (κ2) is 32.8. The molecule has 0 aliphatic carbocycles. The third-order valence-electron chi connectivity index (χ3n) is 7.88. The van der Waals surface area contributed by atoms with Crippen LogP contribution in [-0.4, -0.2) is 68.5 Å². The molecule has 9 heteroatoms. The van der Waals surface area contributed by atoms with Crippen molar-refractivity contribution in [3.8, 4) is 0 Å². The summed E-state index contributed by atoms with van der Waals surface area (Å²) in [6.07, 6.45) is 42.4. The molecule has 0 heterocycles. The third kappa shape index (κ3) is 34.4. The van der Waals surface area contributed by atoms with Gasteiger partial charge in [0, 0.05) is 6.42 Å². The molecule has 0 spiro atoms. The van der Waals surface area contributed by atoms with Crippen LogP contribution in [0.3, 0.4) is 0 Å². The number of carbonyl (C=O) groups is 1. The third-order valence-corrected chi connectivity index (χ3v) is 8.84. The molecule has 0 radical (unpaired) electrons. The van der Waals surface area contributed by atoms with E-state index in [4.69, 9.17) is 9.05 Å². The molecule has 0 aromatic heterocycles. The lowest BCUT2D eigenvalue weighted by atomic mass is 10.1. The van der Waals surface area contributed by atoms with E-state index in [0.717, 1.165) is 70.6 Å². The van der Waals surface area contributed by atoms with Crippen molar-refractivity contribution in [1.29, 1.82) is 0 Å². The predicted octanol–water partition coefficient (Wildman–Crippen LogP) is 9.44. The highest BCUT2D eigenvalue weighted by molar-refractivity contribution is 7.45. The average Bonchev–Trinajstić information content (AvgIpc) is 3.06. The van der Waals surface area contributed by atoms with Gasteiger partial charge in [-0.25, -0.2) is 0 Å². The number of allylic oxidation sites excluding steroid dienone is 11. The molecule has 3 atom stereocenters. The smallest absolute Gasteiger partial charge is 0.268 e. The first-order valence-corrected chi connectivity index (χ1v) is 20.8. The standard InChI is InChI=1S/C41H73N2O6P/c1-6-8-10-12-14-16-18-20-21-23-24-26-28-30-32-34-40(44)39(38-49-50(46,47)48-37-36-43(3,4)5)42-41(45)35-33-31-29-27-25-22-19-17-15-13-11-9-7-2/h9,11,15,17-18,20,22,24-26,32,34,39-40,44H,6-8,10,12-14,16,19,21,23,27-31,33,35-38H2,1-5H3,(H-,42,45,46,47)/b11-9-,17-15-,20-18+,25-22-,26-24+,34-32+. The fraction of sp³-hybridized carbons (Fsp3) is 0.683. The minimum Gasteiger partial charge on any atom is -0.756 e. The molecule has 0 aliphatic rings. The van der Waals surface area contributed by atoms with Gasteiger partial charge in [0.05, 0.1) is 39.9 Å². The summed E-state index contributed by atoms with van der Waals surface area (Å²) in [7, 11) is 1.20. The number of nitrogens with zero attached hydrogens (tertiary/aromatic N) is 1. The highest BCUT2D eigenvalue weighted by atomic mass is 31.2. The van der Waals surface area contributed by atoms with E-state index in [1.54, 1.807) is 6.08 Å². The Bertz CT molecular complexity index is 1040. The molecule has 0 rings (SSSR count). The van der Waals surface area contributed by atoms with E-state index in [1.807, 2.05) is 27.2 Å². The van der Waals surface area contributed by atoms with Crippen LogP contribution < -0.4 is 10.2 Å². The summed E-state index contributed by atoms with van der Waals surface area (Å²) < 4.78 is 23.0. The minimum absolute atomic E-state index is 0.0186. The van der Waals surface area contributed by atoms with Crippen molar-refractivity contribution in [3.05, 3.63) is 72.9 Å². The van der Waals surface area contributed by atoms with Gasteiger partial charge < -0.3 is 28.8 Å². The number of nitrogens with one attached hydrogen (secondary N) is 1. The van der Waals surface area contributed by atoms with Crippen LogP contribution >= 0.6 is 7.82 Å². The maximum Gasteiger partial charge on any atom is 0.268 e. The van der Waals surface area contributed by atoms with Crippen LogP contribution in [0.15, 0.2) is 72.9 Å². The topological polar surface area (TPSA) is 108 Å². The molecule has 8 nitrogen and oxygen atoms in total. The lowest BCUT2D eigenvalue weighted by Gasteiger charge is -2.29. The van der Waals surface area contributed by atoms with Gasteiger partial charge in [0.15, 0.2) is 0 Å². The number of phosphoric ester groups is 1. The van der Waals surface area contributed by atoms with E-state index in [2.05, 4.69) is 79.9 Å². The van der Waals surface area contributed by atoms with Crippen LogP contribution in [0.4, 0.5) is 0 Å². The van der Waals surface area contributed by atoms with Gasteiger partial charge in [-0.15, -0.1) is 0 Å². The molecular formula is C41H73N2O6P. The number of aliphatic hydroxyl groups is 1. The van der Waals surface area contributed by atoms with Crippen molar-refractivity contribution >= 4 is 13.7 Å². The van der Waals surface area contributed by atoms with Crippen molar-refractivity contribution < 1.29 is 32.9 Å². The van der Waals surface area contributed by atoms with Crippen molar-refractivity contribution in [2.24, 2.45) is 0 Å². The summed E-state index contributed by atoms with van der Waals surface area (Å²) in [6.45, 7) is 4.42.